The molecule has 0 saturated carbocycles. The molecule has 0 aromatic rings. The molecule has 2 aliphatic rings. The molecule has 21 heteroatoms. The third kappa shape index (κ3) is 42.6. The molecule has 2 amide bonds. The lowest BCUT2D eigenvalue weighted by atomic mass is 9.95. The van der Waals surface area contributed by atoms with Crippen molar-refractivity contribution in [3.63, 3.8) is 0 Å². The van der Waals surface area contributed by atoms with Crippen LogP contribution >= 0.6 is 7.82 Å². The van der Waals surface area contributed by atoms with Crippen molar-refractivity contribution in [2.75, 3.05) is 60.5 Å². The van der Waals surface area contributed by atoms with Crippen molar-refractivity contribution < 1.29 is 85.1 Å². The number of phosphoric acid groups is 1. The molecule has 2 rings (SSSR count). The molecule has 0 bridgehead atoms. The average molecular weight is 1400 g/mol. The van der Waals surface area contributed by atoms with E-state index in [2.05, 4.69) is 70.2 Å². The van der Waals surface area contributed by atoms with E-state index in [1.165, 1.54) is 96.0 Å². The monoisotopic (exact) mass is 1400 g/mol. The van der Waals surface area contributed by atoms with Crippen molar-refractivity contribution in [2.45, 2.75) is 352 Å². The summed E-state index contributed by atoms with van der Waals surface area (Å²) in [6.07, 6.45) is 35.3. The second-order valence-corrected chi connectivity index (χ2v) is 27.9. The number of nitrogens with one attached hydrogen (secondary N) is 2. The Morgan fingerprint density at radius 3 is 1.53 bits per heavy atom. The molecule has 2 fully saturated rings. The summed E-state index contributed by atoms with van der Waals surface area (Å²) in [7, 11) is -1.36. The normalized spacial score (nSPS) is 21.5. The highest BCUT2D eigenvalue weighted by Crippen LogP contribution is 2.52. The van der Waals surface area contributed by atoms with Crippen molar-refractivity contribution in [3.05, 3.63) is 50.1 Å². The van der Waals surface area contributed by atoms with Gasteiger partial charge in [0.05, 0.1) is 39.0 Å². The van der Waals surface area contributed by atoms with E-state index in [1.807, 2.05) is 0 Å². The van der Waals surface area contributed by atoms with Gasteiger partial charge in [0.2, 0.25) is 11.8 Å². The Balaban J connectivity index is 2.65. The van der Waals surface area contributed by atoms with Gasteiger partial charge in [-0.25, -0.2) is 9.36 Å². The predicted octanol–water partition coefficient (Wildman–Crippen LogP) is 17.3. The molecule has 0 radical (unpaired) electrons. The van der Waals surface area contributed by atoms with Crippen molar-refractivity contribution in [3.8, 4) is 0 Å². The van der Waals surface area contributed by atoms with Crippen LogP contribution in [0.2, 0.25) is 0 Å². The van der Waals surface area contributed by atoms with E-state index in [0.717, 1.165) is 141 Å². The lowest BCUT2D eigenvalue weighted by Gasteiger charge is -2.47. The summed E-state index contributed by atoms with van der Waals surface area (Å²) < 4.78 is 89.1. The first-order chi connectivity index (χ1) is 47.3. The molecule has 2 aliphatic heterocycles. The maximum atomic E-state index is 14.7. The number of unbranched alkanes of at least 4 members (excludes halogenated alkanes) is 30. The zero-order valence-electron chi connectivity index (χ0n) is 61.4. The first kappa shape index (κ1) is 89.7. The van der Waals surface area contributed by atoms with Crippen LogP contribution in [0.4, 0.5) is 4.79 Å². The first-order valence-electron chi connectivity index (χ1n) is 38.1. The van der Waals surface area contributed by atoms with E-state index < -0.39 is 94.2 Å². The van der Waals surface area contributed by atoms with Crippen LogP contribution in [0.3, 0.4) is 0 Å². The quantitative estimate of drug-likeness (QED) is 0.0169. The standard InChI is InChI=1S/C76H137N2O18P/c1-10-17-21-25-28-31-32-33-34-35-36-38-40-44-48-52-66(80)77-69-73(88-58-53-63(86-9)51-47-42-24-20-13-4)71(96-97(84,91-55-15-6)92-56-16-7)64(60-85-8)94-75(69)90-61-65-70(95-76(83)89-54-14-5)72(87-57-49-45-41-30-27-23-19-12-3)68(74(82)93-65)78-67(81)59-62(79)50-46-43-39-37-29-26-22-18-11-2/h14-16,31-32,63-65,68-75,82H,5-7,10-13,17-30,33-61H2,1-4,8-9H3,(H,77,80)(H,78,81)/b32-31-/t63-,64-,65-,68-,69-,70-,71-,72-,73-,74?,75-/m1/s1. The highest BCUT2D eigenvalue weighted by atomic mass is 31.2. The van der Waals surface area contributed by atoms with Crippen molar-refractivity contribution in [2.24, 2.45) is 0 Å². The summed E-state index contributed by atoms with van der Waals surface area (Å²) in [5.74, 6) is -1.24. The number of rotatable bonds is 66. The van der Waals surface area contributed by atoms with Crippen LogP contribution in [0, 0.1) is 0 Å². The molecule has 97 heavy (non-hydrogen) atoms. The van der Waals surface area contributed by atoms with Crippen LogP contribution in [-0.2, 0) is 75.2 Å². The summed E-state index contributed by atoms with van der Waals surface area (Å²) >= 11 is 0. The summed E-state index contributed by atoms with van der Waals surface area (Å²) in [6.45, 7) is 18.9. The smallest absolute Gasteiger partial charge is 0.430 e. The topological polar surface area (TPSA) is 240 Å². The Labute approximate surface area is 587 Å². The van der Waals surface area contributed by atoms with E-state index in [0.29, 0.717) is 25.7 Å². The highest BCUT2D eigenvalue weighted by Gasteiger charge is 2.54. The van der Waals surface area contributed by atoms with Crippen LogP contribution < -0.4 is 10.6 Å². The summed E-state index contributed by atoms with van der Waals surface area (Å²) in [5, 5.41) is 18.0. The number of Topliss-reactive ketones (excluding diaryl/α,β-unsaturated/α-hetero) is 1. The molecule has 0 aliphatic carbocycles. The number of ether oxygens (including phenoxy) is 9. The van der Waals surface area contributed by atoms with Crippen LogP contribution in [0.25, 0.3) is 0 Å². The molecule has 1 unspecified atom stereocenters. The molecular weight excluding hydrogens is 1260 g/mol. The maximum Gasteiger partial charge on any atom is 0.509 e. The molecule has 2 saturated heterocycles. The highest BCUT2D eigenvalue weighted by molar-refractivity contribution is 7.48. The SMILES string of the molecule is C=CCOC(=O)O[C@H]1[C@H](OCCCCCCCCCC)[C@@H](NC(=O)CC(=O)CCCCCCCCCCC)C(O)O[C@@H]1CO[C@@H]1O[C@H](COC)[C@@H](OP(=O)(OCC=C)OCC=C)[C@H](OCC[C@@H](CCCCCCC)OC)[C@H]1NC(=O)CCCCCCCCC/C=C\CCCCCC. The number of carbonyl (C=O) groups is 4. The number of hydrogen-bond acceptors (Lipinski definition) is 18. The molecule has 20 nitrogen and oxygen atoms in total. The van der Waals surface area contributed by atoms with Crippen LogP contribution in [0.1, 0.15) is 285 Å². The second-order valence-electron chi connectivity index (χ2n) is 26.3. The van der Waals surface area contributed by atoms with Crippen molar-refractivity contribution in [1.82, 2.24) is 10.6 Å². The molecule has 3 N–H and O–H groups in total. The fraction of sp³-hybridized carbons (Fsp3) is 0.842. The number of amides is 2. The third-order valence-corrected chi connectivity index (χ3v) is 19.3. The minimum absolute atomic E-state index is 0.0912. The Kier molecular flexibility index (Phi) is 55.7. The average Bonchev–Trinajstić information content (AvgIpc) is 0.787. The Morgan fingerprint density at radius 2 is 0.979 bits per heavy atom. The number of phosphoric ester groups is 1. The largest absolute Gasteiger partial charge is 0.509 e. The summed E-state index contributed by atoms with van der Waals surface area (Å²) in [4.78, 5) is 55.4. The number of carbonyl (C=O) groups excluding carboxylic acids is 4. The molecule has 0 spiro atoms. The lowest BCUT2D eigenvalue weighted by Crippen LogP contribution is -2.68. The summed E-state index contributed by atoms with van der Waals surface area (Å²) in [6, 6.07) is -2.54. The van der Waals surface area contributed by atoms with Gasteiger partial charge >= 0.3 is 14.0 Å². The zero-order valence-corrected chi connectivity index (χ0v) is 62.3. The molecule has 0 aromatic carbocycles. The van der Waals surface area contributed by atoms with Crippen LogP contribution in [-0.4, -0.2) is 157 Å². The van der Waals surface area contributed by atoms with E-state index >= 15 is 0 Å². The number of methoxy groups -OCH3 is 2. The van der Waals surface area contributed by atoms with E-state index in [4.69, 9.17) is 56.2 Å². The minimum atomic E-state index is -4.48. The van der Waals surface area contributed by atoms with Gasteiger partial charge in [0, 0.05) is 40.3 Å². The van der Waals surface area contributed by atoms with Gasteiger partial charge < -0.3 is 58.4 Å². The Hall–Kier alpha value is -3.37. The zero-order chi connectivity index (χ0) is 70.8. The number of aliphatic hydroxyl groups is 1. The lowest BCUT2D eigenvalue weighted by molar-refractivity contribution is -0.303. The van der Waals surface area contributed by atoms with E-state index in [9.17, 15) is 28.8 Å². The van der Waals surface area contributed by atoms with Gasteiger partial charge in [-0.15, -0.1) is 13.2 Å². The molecule has 2 heterocycles. The molecule has 0 aromatic heterocycles. The molecule has 564 valence electrons. The fourth-order valence-corrected chi connectivity index (χ4v) is 13.6. The van der Waals surface area contributed by atoms with Crippen LogP contribution in [0.15, 0.2) is 50.1 Å². The predicted molar refractivity (Wildman–Crippen MR) is 384 cm³/mol. The third-order valence-electron chi connectivity index (χ3n) is 17.8. The van der Waals surface area contributed by atoms with Crippen LogP contribution in [0.5, 0.6) is 0 Å². The Bertz CT molecular complexity index is 2070. The number of hydrogen-bond donors (Lipinski definition) is 3. The number of ketones is 1. The Morgan fingerprint density at radius 1 is 0.505 bits per heavy atom. The minimum Gasteiger partial charge on any atom is -0.430 e. The van der Waals surface area contributed by atoms with E-state index in [-0.39, 0.29) is 70.3 Å². The number of allylic oxidation sites excluding steroid dienone is 2. The van der Waals surface area contributed by atoms with Gasteiger partial charge in [0.25, 0.3) is 0 Å². The van der Waals surface area contributed by atoms with Crippen molar-refractivity contribution in [1.29, 1.82) is 0 Å². The van der Waals surface area contributed by atoms with Gasteiger partial charge in [-0.2, -0.15) is 0 Å². The number of aliphatic hydroxyl groups excluding tert-OH is 1. The fourth-order valence-electron chi connectivity index (χ4n) is 12.3. The van der Waals surface area contributed by atoms with Gasteiger partial charge in [-0.1, -0.05) is 244 Å². The van der Waals surface area contributed by atoms with Crippen molar-refractivity contribution >= 4 is 31.6 Å². The van der Waals surface area contributed by atoms with Gasteiger partial charge in [-0.05, 0) is 57.8 Å². The van der Waals surface area contributed by atoms with Gasteiger partial charge in [0.15, 0.2) is 18.7 Å². The molecule has 11 atom stereocenters. The second kappa shape index (κ2) is 60.2. The molecular formula is C76H137N2O18P. The van der Waals surface area contributed by atoms with Gasteiger partial charge in [-0.3, -0.25) is 28.0 Å². The van der Waals surface area contributed by atoms with E-state index in [1.54, 1.807) is 7.11 Å². The van der Waals surface area contributed by atoms with Gasteiger partial charge in [0.1, 0.15) is 55.0 Å². The first-order valence-corrected chi connectivity index (χ1v) is 39.6. The summed E-state index contributed by atoms with van der Waals surface area (Å²) in [5.41, 5.74) is 0. The maximum absolute atomic E-state index is 14.7.